The second-order valence-corrected chi connectivity index (χ2v) is 6.53. The molecule has 25 heavy (non-hydrogen) atoms. The number of nitrogens with one attached hydrogen (secondary N) is 1. The molecule has 0 aliphatic carbocycles. The molecule has 0 bridgehead atoms. The van der Waals surface area contributed by atoms with Crippen molar-refractivity contribution >= 4 is 17.7 Å². The summed E-state index contributed by atoms with van der Waals surface area (Å²) in [5, 5.41) is 12.2. The Morgan fingerprint density at radius 2 is 1.80 bits per heavy atom. The van der Waals surface area contributed by atoms with Crippen molar-refractivity contribution in [1.29, 1.82) is 0 Å². The highest BCUT2D eigenvalue weighted by Crippen LogP contribution is 2.27. The minimum absolute atomic E-state index is 0.00721. The van der Waals surface area contributed by atoms with Gasteiger partial charge in [-0.15, -0.1) is 10.2 Å². The Labute approximate surface area is 151 Å². The first-order valence-electron chi connectivity index (χ1n) is 8.16. The van der Waals surface area contributed by atoms with Crippen LogP contribution in [0.2, 0.25) is 0 Å². The molecule has 1 heterocycles. The van der Waals surface area contributed by atoms with E-state index in [1.54, 1.807) is 0 Å². The maximum atomic E-state index is 11.8. The van der Waals surface area contributed by atoms with Crippen LogP contribution in [0.1, 0.15) is 12.5 Å². The number of nitrogens with zero attached hydrogens (tertiary/aromatic N) is 3. The van der Waals surface area contributed by atoms with Crippen molar-refractivity contribution in [2.75, 3.05) is 12.3 Å². The molecule has 1 amide bonds. The molecule has 0 spiro atoms. The monoisotopic (exact) mass is 352 g/mol. The maximum absolute atomic E-state index is 11.8. The zero-order chi connectivity index (χ0) is 17.6. The Bertz CT molecular complexity index is 844. The third-order valence-corrected chi connectivity index (χ3v) is 4.59. The molecule has 0 atom stereocenters. The van der Waals surface area contributed by atoms with Crippen molar-refractivity contribution < 1.29 is 4.79 Å². The van der Waals surface area contributed by atoms with Crippen LogP contribution in [-0.2, 0) is 4.79 Å². The van der Waals surface area contributed by atoms with Crippen LogP contribution in [0.5, 0.6) is 0 Å². The molecule has 2 aromatic carbocycles. The van der Waals surface area contributed by atoms with Crippen LogP contribution in [0.3, 0.4) is 0 Å². The lowest BCUT2D eigenvalue weighted by atomic mass is 10.2. The van der Waals surface area contributed by atoms with Gasteiger partial charge in [-0.1, -0.05) is 59.8 Å². The molecule has 0 unspecified atom stereocenters. The van der Waals surface area contributed by atoms with Gasteiger partial charge in [0.15, 0.2) is 11.0 Å². The van der Waals surface area contributed by atoms with Crippen LogP contribution in [-0.4, -0.2) is 33.0 Å². The van der Waals surface area contributed by atoms with Gasteiger partial charge in [0, 0.05) is 17.8 Å². The van der Waals surface area contributed by atoms with Gasteiger partial charge in [0.25, 0.3) is 0 Å². The molecule has 3 rings (SSSR count). The van der Waals surface area contributed by atoms with Crippen molar-refractivity contribution in [1.82, 2.24) is 20.1 Å². The second kappa shape index (κ2) is 7.98. The SMILES string of the molecule is CCNC(=O)CSc1nnc(-c2ccccc2)n1-c1ccc(C)cc1. The van der Waals surface area contributed by atoms with Gasteiger partial charge < -0.3 is 5.32 Å². The molecule has 0 saturated carbocycles. The smallest absolute Gasteiger partial charge is 0.230 e. The van der Waals surface area contributed by atoms with E-state index in [1.165, 1.54) is 17.3 Å². The van der Waals surface area contributed by atoms with Gasteiger partial charge in [-0.05, 0) is 26.0 Å². The molecule has 3 aromatic rings. The number of carbonyl (C=O) groups is 1. The molecule has 0 radical (unpaired) electrons. The molecule has 1 N–H and O–H groups in total. The van der Waals surface area contributed by atoms with Crippen molar-refractivity contribution in [3.63, 3.8) is 0 Å². The zero-order valence-electron chi connectivity index (χ0n) is 14.3. The summed E-state index contributed by atoms with van der Waals surface area (Å²) in [6.45, 7) is 4.59. The number of hydrogen-bond acceptors (Lipinski definition) is 4. The van der Waals surface area contributed by atoms with Crippen molar-refractivity contribution in [3.05, 3.63) is 60.2 Å². The second-order valence-electron chi connectivity index (χ2n) is 5.59. The summed E-state index contributed by atoms with van der Waals surface area (Å²) in [6.07, 6.45) is 0. The van der Waals surface area contributed by atoms with Gasteiger partial charge in [0.1, 0.15) is 0 Å². The average molecular weight is 352 g/mol. The summed E-state index contributed by atoms with van der Waals surface area (Å²) in [4.78, 5) is 11.8. The molecule has 6 heteroatoms. The van der Waals surface area contributed by atoms with E-state index >= 15 is 0 Å². The first-order valence-corrected chi connectivity index (χ1v) is 9.15. The summed E-state index contributed by atoms with van der Waals surface area (Å²) >= 11 is 1.39. The number of benzene rings is 2. The highest BCUT2D eigenvalue weighted by Gasteiger charge is 2.16. The number of hydrogen-bond donors (Lipinski definition) is 1. The number of amides is 1. The fraction of sp³-hybridized carbons (Fsp3) is 0.211. The minimum atomic E-state index is -0.00721. The van der Waals surface area contributed by atoms with Crippen molar-refractivity contribution in [3.8, 4) is 17.1 Å². The highest BCUT2D eigenvalue weighted by molar-refractivity contribution is 7.99. The summed E-state index contributed by atoms with van der Waals surface area (Å²) in [7, 11) is 0. The fourth-order valence-electron chi connectivity index (χ4n) is 2.44. The number of aryl methyl sites for hydroxylation is 1. The summed E-state index contributed by atoms with van der Waals surface area (Å²) < 4.78 is 2.00. The molecule has 0 fully saturated rings. The lowest BCUT2D eigenvalue weighted by molar-refractivity contribution is -0.118. The Morgan fingerprint density at radius 1 is 1.08 bits per heavy atom. The molecule has 0 saturated heterocycles. The first-order chi connectivity index (χ1) is 12.2. The van der Waals surface area contributed by atoms with Crippen LogP contribution >= 0.6 is 11.8 Å². The Hall–Kier alpha value is -2.60. The standard InChI is InChI=1S/C19H20N4OS/c1-3-20-17(24)13-25-19-22-21-18(15-7-5-4-6-8-15)23(19)16-11-9-14(2)10-12-16/h4-12H,3,13H2,1-2H3,(H,20,24). The third kappa shape index (κ3) is 4.09. The molecule has 1 aromatic heterocycles. The van der Waals surface area contributed by atoms with Crippen molar-refractivity contribution in [2.24, 2.45) is 0 Å². The molecular formula is C19H20N4OS. The molecule has 5 nitrogen and oxygen atoms in total. The molecular weight excluding hydrogens is 332 g/mol. The normalized spacial score (nSPS) is 10.6. The van der Waals surface area contributed by atoms with Crippen LogP contribution < -0.4 is 5.32 Å². The van der Waals surface area contributed by atoms with E-state index < -0.39 is 0 Å². The van der Waals surface area contributed by atoms with E-state index in [4.69, 9.17) is 0 Å². The predicted molar refractivity (Wildman–Crippen MR) is 101 cm³/mol. The van der Waals surface area contributed by atoms with Crippen LogP contribution in [0, 0.1) is 6.92 Å². The quantitative estimate of drug-likeness (QED) is 0.690. The lowest BCUT2D eigenvalue weighted by Crippen LogP contribution is -2.24. The van der Waals surface area contributed by atoms with Gasteiger partial charge >= 0.3 is 0 Å². The van der Waals surface area contributed by atoms with Crippen LogP contribution in [0.25, 0.3) is 17.1 Å². The van der Waals surface area contributed by atoms with E-state index in [0.29, 0.717) is 17.5 Å². The van der Waals surface area contributed by atoms with Gasteiger partial charge in [0.05, 0.1) is 5.75 Å². The number of rotatable bonds is 6. The molecule has 0 aliphatic heterocycles. The maximum Gasteiger partial charge on any atom is 0.230 e. The predicted octanol–water partition coefficient (Wildman–Crippen LogP) is 3.47. The first kappa shape index (κ1) is 17.2. The number of aromatic nitrogens is 3. The van der Waals surface area contributed by atoms with Crippen molar-refractivity contribution in [2.45, 2.75) is 19.0 Å². The van der Waals surface area contributed by atoms with Gasteiger partial charge in [-0.3, -0.25) is 9.36 Å². The average Bonchev–Trinajstić information content (AvgIpc) is 3.05. The van der Waals surface area contributed by atoms with E-state index in [1.807, 2.05) is 54.0 Å². The summed E-state index contributed by atoms with van der Waals surface area (Å²) in [6, 6.07) is 18.1. The van der Waals surface area contributed by atoms with Gasteiger partial charge in [0.2, 0.25) is 5.91 Å². The largest absolute Gasteiger partial charge is 0.356 e. The summed E-state index contributed by atoms with van der Waals surface area (Å²) in [5.41, 5.74) is 3.16. The Morgan fingerprint density at radius 3 is 2.48 bits per heavy atom. The van der Waals surface area contributed by atoms with E-state index in [-0.39, 0.29) is 5.91 Å². The highest BCUT2D eigenvalue weighted by atomic mass is 32.2. The van der Waals surface area contributed by atoms with Gasteiger partial charge in [-0.25, -0.2) is 0 Å². The third-order valence-electron chi connectivity index (χ3n) is 3.66. The van der Waals surface area contributed by atoms with Gasteiger partial charge in [-0.2, -0.15) is 0 Å². The van der Waals surface area contributed by atoms with Crippen LogP contribution in [0.4, 0.5) is 0 Å². The Kier molecular flexibility index (Phi) is 5.50. The molecule has 0 aliphatic rings. The minimum Gasteiger partial charge on any atom is -0.356 e. The van der Waals surface area contributed by atoms with E-state index in [0.717, 1.165) is 17.1 Å². The topological polar surface area (TPSA) is 59.8 Å². The van der Waals surface area contributed by atoms with Crippen LogP contribution in [0.15, 0.2) is 59.8 Å². The molecule has 128 valence electrons. The summed E-state index contributed by atoms with van der Waals surface area (Å²) in [5.74, 6) is 1.07. The van der Waals surface area contributed by atoms with E-state index in [9.17, 15) is 4.79 Å². The fourth-order valence-corrected chi connectivity index (χ4v) is 3.22. The zero-order valence-corrected chi connectivity index (χ0v) is 15.1. The lowest BCUT2D eigenvalue weighted by Gasteiger charge is -2.10. The Balaban J connectivity index is 1.99. The van der Waals surface area contributed by atoms with E-state index in [2.05, 4.69) is 34.6 Å². The number of thioether (sulfide) groups is 1. The number of carbonyl (C=O) groups excluding carboxylic acids is 1.